The number of benzene rings is 1. The van der Waals surface area contributed by atoms with Crippen LogP contribution in [0.4, 0.5) is 10.1 Å². The van der Waals surface area contributed by atoms with Crippen LogP contribution in [0.5, 0.6) is 0 Å². The maximum Gasteiger partial charge on any atom is 0.244 e. The fraction of sp³-hybridized carbons (Fsp3) is 0.500. The van der Waals surface area contributed by atoms with Gasteiger partial charge in [0.25, 0.3) is 0 Å². The summed E-state index contributed by atoms with van der Waals surface area (Å²) in [5.41, 5.74) is 4.82. The van der Waals surface area contributed by atoms with Gasteiger partial charge in [-0.05, 0) is 32.4 Å². The third-order valence-corrected chi connectivity index (χ3v) is 5.45. The van der Waals surface area contributed by atoms with Crippen LogP contribution < -0.4 is 10.5 Å². The van der Waals surface area contributed by atoms with Crippen LogP contribution in [0.15, 0.2) is 17.0 Å². The van der Waals surface area contributed by atoms with Gasteiger partial charge in [0.15, 0.2) is 5.82 Å². The van der Waals surface area contributed by atoms with E-state index in [4.69, 9.17) is 22.1 Å². The standard InChI is InChI=1S/C12H16ClFN2O3S/c1-7-12(2,3-4-19-7)16-20(17,18)10-6-8(15)5-9(13)11(10)14/h5-7,16H,3-4,15H2,1-2H3. The lowest BCUT2D eigenvalue weighted by Crippen LogP contribution is -2.50. The third-order valence-electron chi connectivity index (χ3n) is 3.56. The monoisotopic (exact) mass is 322 g/mol. The molecule has 2 unspecified atom stereocenters. The topological polar surface area (TPSA) is 81.4 Å². The molecule has 2 atom stereocenters. The summed E-state index contributed by atoms with van der Waals surface area (Å²) in [6, 6.07) is 2.21. The molecule has 1 fully saturated rings. The van der Waals surface area contributed by atoms with Crippen molar-refractivity contribution in [3.63, 3.8) is 0 Å². The van der Waals surface area contributed by atoms with Crippen molar-refractivity contribution in [2.45, 2.75) is 36.8 Å². The molecule has 1 aliphatic rings. The Morgan fingerprint density at radius 2 is 2.20 bits per heavy atom. The lowest BCUT2D eigenvalue weighted by molar-refractivity contribution is 0.0957. The maximum atomic E-state index is 13.9. The number of sulfonamides is 1. The number of anilines is 1. The summed E-state index contributed by atoms with van der Waals surface area (Å²) in [5, 5.41) is -0.328. The number of hydrogen-bond donors (Lipinski definition) is 2. The van der Waals surface area contributed by atoms with Gasteiger partial charge in [-0.15, -0.1) is 0 Å². The van der Waals surface area contributed by atoms with Gasteiger partial charge in [-0.2, -0.15) is 0 Å². The zero-order chi connectivity index (χ0) is 15.1. The van der Waals surface area contributed by atoms with Gasteiger partial charge < -0.3 is 10.5 Å². The molecule has 112 valence electrons. The number of hydrogen-bond acceptors (Lipinski definition) is 4. The van der Waals surface area contributed by atoms with Crippen molar-refractivity contribution in [2.75, 3.05) is 12.3 Å². The van der Waals surface area contributed by atoms with Crippen LogP contribution in [0, 0.1) is 5.82 Å². The van der Waals surface area contributed by atoms with Crippen LogP contribution in [0.3, 0.4) is 0 Å². The van der Waals surface area contributed by atoms with Gasteiger partial charge in [-0.3, -0.25) is 0 Å². The van der Waals surface area contributed by atoms with Gasteiger partial charge in [0.05, 0.1) is 16.7 Å². The van der Waals surface area contributed by atoms with Gasteiger partial charge >= 0.3 is 0 Å². The first kappa shape index (κ1) is 15.5. The predicted octanol–water partition coefficient (Wildman–Crippen LogP) is 1.91. The largest absolute Gasteiger partial charge is 0.399 e. The number of nitrogens with one attached hydrogen (secondary N) is 1. The smallest absolute Gasteiger partial charge is 0.244 e. The molecule has 0 saturated carbocycles. The minimum atomic E-state index is -4.08. The average molecular weight is 323 g/mol. The molecule has 0 radical (unpaired) electrons. The SMILES string of the molecule is CC1OCCC1(C)NS(=O)(=O)c1cc(N)cc(Cl)c1F. The second kappa shape index (κ2) is 5.14. The number of rotatable bonds is 3. The summed E-state index contributed by atoms with van der Waals surface area (Å²) in [5.74, 6) is -1.01. The molecular formula is C12H16ClFN2O3S. The lowest BCUT2D eigenvalue weighted by Gasteiger charge is -2.28. The van der Waals surface area contributed by atoms with Crippen LogP contribution >= 0.6 is 11.6 Å². The van der Waals surface area contributed by atoms with Crippen molar-refractivity contribution in [3.05, 3.63) is 23.0 Å². The fourth-order valence-electron chi connectivity index (χ4n) is 2.11. The minimum absolute atomic E-state index is 0.0812. The van der Waals surface area contributed by atoms with Crippen molar-refractivity contribution in [3.8, 4) is 0 Å². The first-order valence-corrected chi connectivity index (χ1v) is 7.92. The highest BCUT2D eigenvalue weighted by atomic mass is 35.5. The molecule has 2 rings (SSSR count). The minimum Gasteiger partial charge on any atom is -0.399 e. The summed E-state index contributed by atoms with van der Waals surface area (Å²) in [7, 11) is -4.08. The van der Waals surface area contributed by atoms with E-state index >= 15 is 0 Å². The second-order valence-corrected chi connectivity index (χ2v) is 7.16. The Morgan fingerprint density at radius 3 is 2.75 bits per heavy atom. The van der Waals surface area contributed by atoms with Crippen LogP contribution in [-0.4, -0.2) is 26.7 Å². The molecule has 20 heavy (non-hydrogen) atoms. The van der Waals surface area contributed by atoms with Crippen molar-refractivity contribution in [1.82, 2.24) is 4.72 Å². The molecule has 0 aliphatic carbocycles. The van der Waals surface area contributed by atoms with E-state index in [9.17, 15) is 12.8 Å². The molecule has 1 aromatic carbocycles. The first-order chi connectivity index (χ1) is 9.16. The summed E-state index contributed by atoms with van der Waals surface area (Å²) >= 11 is 5.63. The molecule has 8 heteroatoms. The number of nitrogen functional groups attached to an aromatic ring is 1. The molecule has 0 amide bonds. The Bertz CT molecular complexity index is 638. The Hall–Kier alpha value is -0.890. The Balaban J connectivity index is 2.41. The van der Waals surface area contributed by atoms with E-state index in [0.717, 1.165) is 6.07 Å². The molecule has 0 aromatic heterocycles. The molecular weight excluding hydrogens is 307 g/mol. The van der Waals surface area contributed by atoms with Crippen molar-refractivity contribution < 1.29 is 17.5 Å². The first-order valence-electron chi connectivity index (χ1n) is 6.06. The number of nitrogens with two attached hydrogens (primary N) is 1. The van der Waals surface area contributed by atoms with Gasteiger partial charge in [0, 0.05) is 12.3 Å². The molecule has 0 spiro atoms. The van der Waals surface area contributed by atoms with E-state index in [1.165, 1.54) is 6.07 Å². The van der Waals surface area contributed by atoms with Crippen LogP contribution in [0.1, 0.15) is 20.3 Å². The zero-order valence-electron chi connectivity index (χ0n) is 11.1. The number of ether oxygens (including phenoxy) is 1. The molecule has 0 bridgehead atoms. The van der Waals surface area contributed by atoms with Crippen LogP contribution in [0.2, 0.25) is 5.02 Å². The van der Waals surface area contributed by atoms with Gasteiger partial charge in [-0.25, -0.2) is 17.5 Å². The molecule has 3 N–H and O–H groups in total. The van der Waals surface area contributed by atoms with E-state index in [-0.39, 0.29) is 16.8 Å². The molecule has 5 nitrogen and oxygen atoms in total. The van der Waals surface area contributed by atoms with Crippen molar-refractivity contribution in [1.29, 1.82) is 0 Å². The van der Waals surface area contributed by atoms with Gasteiger partial charge in [0.2, 0.25) is 10.0 Å². The number of halogens is 2. The summed E-state index contributed by atoms with van der Waals surface area (Å²) in [4.78, 5) is -0.553. The van der Waals surface area contributed by atoms with Gasteiger partial charge in [0.1, 0.15) is 4.90 Å². The lowest BCUT2D eigenvalue weighted by atomic mass is 9.97. The second-order valence-electron chi connectivity index (χ2n) is 5.10. The van der Waals surface area contributed by atoms with E-state index in [2.05, 4.69) is 4.72 Å². The predicted molar refractivity (Wildman–Crippen MR) is 74.6 cm³/mol. The highest BCUT2D eigenvalue weighted by Gasteiger charge is 2.41. The zero-order valence-corrected chi connectivity index (χ0v) is 12.7. The highest BCUT2D eigenvalue weighted by molar-refractivity contribution is 7.89. The Labute approximate surface area is 122 Å². The van der Waals surface area contributed by atoms with E-state index in [1.807, 2.05) is 0 Å². The summed E-state index contributed by atoms with van der Waals surface area (Å²) in [6.07, 6.45) is 0.197. The highest BCUT2D eigenvalue weighted by Crippen LogP contribution is 2.30. The Morgan fingerprint density at radius 1 is 1.55 bits per heavy atom. The normalized spacial score (nSPS) is 26.9. The van der Waals surface area contributed by atoms with Gasteiger partial charge in [-0.1, -0.05) is 11.6 Å². The van der Waals surface area contributed by atoms with Crippen LogP contribution in [-0.2, 0) is 14.8 Å². The maximum absolute atomic E-state index is 13.9. The van der Waals surface area contributed by atoms with Crippen LogP contribution in [0.25, 0.3) is 0 Å². The van der Waals surface area contributed by atoms with Crippen molar-refractivity contribution >= 4 is 27.3 Å². The summed E-state index contributed by atoms with van der Waals surface area (Å²) < 4.78 is 46.5. The Kier molecular flexibility index (Phi) is 3.98. The van der Waals surface area contributed by atoms with E-state index < -0.39 is 26.3 Å². The molecule has 1 aliphatic heterocycles. The third kappa shape index (κ3) is 2.76. The average Bonchev–Trinajstić information content (AvgIpc) is 2.63. The molecule has 1 saturated heterocycles. The van der Waals surface area contributed by atoms with Crippen molar-refractivity contribution in [2.24, 2.45) is 0 Å². The quantitative estimate of drug-likeness (QED) is 0.833. The van der Waals surface area contributed by atoms with E-state index in [0.29, 0.717) is 13.0 Å². The molecule has 1 heterocycles. The fourth-order valence-corrected chi connectivity index (χ4v) is 4.02. The van der Waals surface area contributed by atoms with E-state index in [1.54, 1.807) is 13.8 Å². The summed E-state index contributed by atoms with van der Waals surface area (Å²) in [6.45, 7) is 3.92. The molecule has 1 aromatic rings.